The zero-order valence-electron chi connectivity index (χ0n) is 9.48. The molecule has 0 unspecified atom stereocenters. The summed E-state index contributed by atoms with van der Waals surface area (Å²) in [6.45, 7) is 1.72. The summed E-state index contributed by atoms with van der Waals surface area (Å²) in [7, 11) is 0. The minimum Gasteiger partial charge on any atom is -0.324 e. The van der Waals surface area contributed by atoms with Gasteiger partial charge in [-0.3, -0.25) is 9.59 Å². The Labute approximate surface area is 99.6 Å². The molecule has 0 radical (unpaired) electrons. The lowest BCUT2D eigenvalue weighted by Gasteiger charge is -2.27. The molecule has 1 aliphatic heterocycles. The van der Waals surface area contributed by atoms with Gasteiger partial charge in [0.15, 0.2) is 5.78 Å². The quantitative estimate of drug-likeness (QED) is 0.707. The topological polar surface area (TPSA) is 75.4 Å². The fraction of sp³-hybridized carbons (Fsp3) is 0.333. The van der Waals surface area contributed by atoms with Crippen molar-refractivity contribution in [2.45, 2.75) is 0 Å². The number of ketones is 1. The predicted molar refractivity (Wildman–Crippen MR) is 65.0 cm³/mol. The van der Waals surface area contributed by atoms with Gasteiger partial charge in [-0.1, -0.05) is 12.1 Å². The molecule has 90 valence electrons. The van der Waals surface area contributed by atoms with E-state index < -0.39 is 0 Å². The second kappa shape index (κ2) is 5.07. The second-order valence-corrected chi connectivity index (χ2v) is 3.90. The van der Waals surface area contributed by atoms with E-state index in [0.29, 0.717) is 18.7 Å². The molecular weight excluding hydrogens is 218 g/mol. The fourth-order valence-electron chi connectivity index (χ4n) is 1.84. The minimum atomic E-state index is -0.116. The first-order chi connectivity index (χ1) is 8.22. The molecule has 3 N–H and O–H groups in total. The first-order valence-electron chi connectivity index (χ1n) is 5.57. The highest BCUT2D eigenvalue weighted by Crippen LogP contribution is 2.17. The summed E-state index contributed by atoms with van der Waals surface area (Å²) in [4.78, 5) is 24.9. The molecular formula is C12H15N3O2. The average Bonchev–Trinajstić information content (AvgIpc) is 2.38. The number of piperazine rings is 1. The third-order valence-corrected chi connectivity index (χ3v) is 2.75. The number of hydrogen-bond acceptors (Lipinski definition) is 4. The molecule has 0 bridgehead atoms. The van der Waals surface area contributed by atoms with Crippen LogP contribution in [0.5, 0.6) is 0 Å². The molecule has 1 aliphatic rings. The van der Waals surface area contributed by atoms with Crippen molar-refractivity contribution in [3.05, 3.63) is 29.8 Å². The summed E-state index contributed by atoms with van der Waals surface area (Å²) in [5, 5.41) is 3.00. The van der Waals surface area contributed by atoms with Gasteiger partial charge in [0, 0.05) is 24.3 Å². The van der Waals surface area contributed by atoms with Gasteiger partial charge in [-0.25, -0.2) is 0 Å². The van der Waals surface area contributed by atoms with E-state index in [1.807, 2.05) is 6.07 Å². The van der Waals surface area contributed by atoms with E-state index >= 15 is 0 Å². The first-order valence-corrected chi connectivity index (χ1v) is 5.57. The molecule has 5 nitrogen and oxygen atoms in total. The van der Waals surface area contributed by atoms with Crippen molar-refractivity contribution >= 4 is 17.4 Å². The third-order valence-electron chi connectivity index (χ3n) is 2.75. The summed E-state index contributed by atoms with van der Waals surface area (Å²) in [6.07, 6.45) is 0. The van der Waals surface area contributed by atoms with E-state index in [-0.39, 0.29) is 18.2 Å². The number of benzene rings is 1. The second-order valence-electron chi connectivity index (χ2n) is 3.90. The highest BCUT2D eigenvalue weighted by Gasteiger charge is 2.19. The maximum absolute atomic E-state index is 11.7. The Morgan fingerprint density at radius 3 is 3.00 bits per heavy atom. The zero-order valence-corrected chi connectivity index (χ0v) is 9.48. The molecule has 2 rings (SSSR count). The van der Waals surface area contributed by atoms with Crippen LogP contribution in [0.25, 0.3) is 0 Å². The maximum Gasteiger partial charge on any atom is 0.240 e. The number of hydrogen-bond donors (Lipinski definition) is 2. The number of carbonyl (C=O) groups is 2. The van der Waals surface area contributed by atoms with Crippen LogP contribution < -0.4 is 16.0 Å². The maximum atomic E-state index is 11.7. The SMILES string of the molecule is NCC(=O)c1cccc(N2CCNCC2=O)c1. The number of rotatable bonds is 3. The van der Waals surface area contributed by atoms with Crippen LogP contribution in [-0.2, 0) is 4.79 Å². The number of amides is 1. The lowest BCUT2D eigenvalue weighted by molar-refractivity contribution is -0.118. The first kappa shape index (κ1) is 11.8. The summed E-state index contributed by atoms with van der Waals surface area (Å²) in [5.41, 5.74) is 6.63. The summed E-state index contributed by atoms with van der Waals surface area (Å²) in [6, 6.07) is 7.04. The molecule has 1 saturated heterocycles. The van der Waals surface area contributed by atoms with Gasteiger partial charge in [0.2, 0.25) is 5.91 Å². The number of carbonyl (C=O) groups excluding carboxylic acids is 2. The van der Waals surface area contributed by atoms with E-state index in [0.717, 1.165) is 12.2 Å². The largest absolute Gasteiger partial charge is 0.324 e. The van der Waals surface area contributed by atoms with Crippen molar-refractivity contribution in [3.8, 4) is 0 Å². The van der Waals surface area contributed by atoms with Crippen LogP contribution in [0.4, 0.5) is 5.69 Å². The Bertz CT molecular complexity index is 445. The molecule has 1 heterocycles. The number of anilines is 1. The van der Waals surface area contributed by atoms with Crippen LogP contribution in [0.2, 0.25) is 0 Å². The Balaban J connectivity index is 2.26. The minimum absolute atomic E-state index is 0.0149. The fourth-order valence-corrected chi connectivity index (χ4v) is 1.84. The third kappa shape index (κ3) is 2.51. The summed E-state index contributed by atoms with van der Waals surface area (Å²) in [5.74, 6) is -0.0944. The van der Waals surface area contributed by atoms with E-state index in [4.69, 9.17) is 5.73 Å². The van der Waals surface area contributed by atoms with Crippen molar-refractivity contribution in [1.82, 2.24) is 5.32 Å². The van der Waals surface area contributed by atoms with Gasteiger partial charge in [-0.15, -0.1) is 0 Å². The average molecular weight is 233 g/mol. The van der Waals surface area contributed by atoms with Crippen molar-refractivity contribution < 1.29 is 9.59 Å². The Morgan fingerprint density at radius 1 is 1.47 bits per heavy atom. The number of nitrogens with two attached hydrogens (primary N) is 1. The van der Waals surface area contributed by atoms with Crippen molar-refractivity contribution in [3.63, 3.8) is 0 Å². The molecule has 1 amide bonds. The molecule has 5 heteroatoms. The van der Waals surface area contributed by atoms with E-state index in [1.54, 1.807) is 23.1 Å². The summed E-state index contributed by atoms with van der Waals surface area (Å²) < 4.78 is 0. The molecule has 0 aliphatic carbocycles. The smallest absolute Gasteiger partial charge is 0.240 e. The van der Waals surface area contributed by atoms with Crippen LogP contribution in [0.3, 0.4) is 0 Å². The zero-order chi connectivity index (χ0) is 12.3. The normalized spacial score (nSPS) is 16.1. The monoisotopic (exact) mass is 233 g/mol. The predicted octanol–water partition coefficient (Wildman–Crippen LogP) is -0.236. The molecule has 17 heavy (non-hydrogen) atoms. The molecule has 1 fully saturated rings. The summed E-state index contributed by atoms with van der Waals surface area (Å²) >= 11 is 0. The van der Waals surface area contributed by atoms with Gasteiger partial charge in [-0.05, 0) is 12.1 Å². The molecule has 1 aromatic carbocycles. The molecule has 1 aromatic rings. The Hall–Kier alpha value is -1.72. The number of nitrogens with zero attached hydrogens (tertiary/aromatic N) is 1. The van der Waals surface area contributed by atoms with Crippen LogP contribution in [-0.4, -0.2) is 37.9 Å². The molecule has 0 atom stereocenters. The van der Waals surface area contributed by atoms with E-state index in [1.165, 1.54) is 0 Å². The Morgan fingerprint density at radius 2 is 2.29 bits per heavy atom. The highest BCUT2D eigenvalue weighted by molar-refractivity contribution is 6.00. The molecule has 0 aromatic heterocycles. The van der Waals surface area contributed by atoms with Crippen LogP contribution in [0, 0.1) is 0 Å². The van der Waals surface area contributed by atoms with Crippen LogP contribution in [0.15, 0.2) is 24.3 Å². The van der Waals surface area contributed by atoms with Gasteiger partial charge in [0.25, 0.3) is 0 Å². The Kier molecular flexibility index (Phi) is 3.51. The number of Topliss-reactive ketones (excluding diaryl/α,β-unsaturated/α-hetero) is 1. The number of nitrogens with one attached hydrogen (secondary N) is 1. The molecule has 0 spiro atoms. The van der Waals surface area contributed by atoms with Crippen molar-refractivity contribution in [2.75, 3.05) is 31.1 Å². The van der Waals surface area contributed by atoms with Crippen molar-refractivity contribution in [2.24, 2.45) is 5.73 Å². The van der Waals surface area contributed by atoms with Gasteiger partial charge in [0.1, 0.15) is 0 Å². The van der Waals surface area contributed by atoms with E-state index in [2.05, 4.69) is 5.32 Å². The van der Waals surface area contributed by atoms with Crippen molar-refractivity contribution in [1.29, 1.82) is 0 Å². The lowest BCUT2D eigenvalue weighted by Crippen LogP contribution is -2.48. The van der Waals surface area contributed by atoms with Gasteiger partial charge < -0.3 is 16.0 Å². The van der Waals surface area contributed by atoms with Crippen LogP contribution >= 0.6 is 0 Å². The van der Waals surface area contributed by atoms with E-state index in [9.17, 15) is 9.59 Å². The van der Waals surface area contributed by atoms with Gasteiger partial charge in [0.05, 0.1) is 13.1 Å². The van der Waals surface area contributed by atoms with Gasteiger partial charge in [-0.2, -0.15) is 0 Å². The standard InChI is InChI=1S/C12H15N3O2/c13-7-11(16)9-2-1-3-10(6-9)15-5-4-14-8-12(15)17/h1-3,6,14H,4-5,7-8,13H2. The molecule has 0 saturated carbocycles. The lowest BCUT2D eigenvalue weighted by atomic mass is 10.1. The van der Waals surface area contributed by atoms with Crippen LogP contribution in [0.1, 0.15) is 10.4 Å². The highest BCUT2D eigenvalue weighted by atomic mass is 16.2. The van der Waals surface area contributed by atoms with Gasteiger partial charge >= 0.3 is 0 Å².